The van der Waals surface area contributed by atoms with Gasteiger partial charge in [-0.25, -0.2) is 27.8 Å². The van der Waals surface area contributed by atoms with E-state index in [0.29, 0.717) is 24.6 Å². The van der Waals surface area contributed by atoms with Crippen molar-refractivity contribution in [1.29, 1.82) is 0 Å². The number of nitrogens with zero attached hydrogens (tertiary/aromatic N) is 2. The molecule has 3 rings (SSSR count). The molecule has 194 valence electrons. The average molecular weight is 521 g/mol. The molecule has 0 atom stereocenters. The Kier molecular flexibility index (Phi) is 9.52. The second-order valence-electron chi connectivity index (χ2n) is 7.97. The molecule has 13 heteroatoms. The molecule has 35 heavy (non-hydrogen) atoms. The van der Waals surface area contributed by atoms with E-state index in [9.17, 15) is 22.4 Å². The van der Waals surface area contributed by atoms with Crippen molar-refractivity contribution in [3.05, 3.63) is 34.9 Å². The van der Waals surface area contributed by atoms with Crippen molar-refractivity contribution in [2.24, 2.45) is 0 Å². The average Bonchev–Trinajstić information content (AvgIpc) is 3.24. The number of aromatic nitrogens is 1. The number of hydrogen-bond acceptors (Lipinski definition) is 9. The van der Waals surface area contributed by atoms with E-state index in [1.807, 2.05) is 4.90 Å². The molecule has 0 radical (unpaired) electrons. The van der Waals surface area contributed by atoms with Crippen LogP contribution in [0.3, 0.4) is 0 Å². The summed E-state index contributed by atoms with van der Waals surface area (Å²) < 4.78 is 74.0. The van der Waals surface area contributed by atoms with Gasteiger partial charge < -0.3 is 24.5 Å². The first-order valence-electron chi connectivity index (χ1n) is 11.1. The van der Waals surface area contributed by atoms with Gasteiger partial charge in [0.15, 0.2) is 17.1 Å². The Morgan fingerprint density at radius 2 is 1.94 bits per heavy atom. The first kappa shape index (κ1) is 27.0. The van der Waals surface area contributed by atoms with Crippen LogP contribution in [0.15, 0.2) is 12.1 Å². The number of methoxy groups -OCH3 is 2. The Morgan fingerprint density at radius 1 is 1.20 bits per heavy atom. The van der Waals surface area contributed by atoms with Gasteiger partial charge in [0.05, 0.1) is 19.8 Å². The van der Waals surface area contributed by atoms with Gasteiger partial charge in [0.2, 0.25) is 5.88 Å². The minimum absolute atomic E-state index is 0.0112. The number of alkyl halides is 2. The largest absolute Gasteiger partial charge is 0.494 e. The van der Waals surface area contributed by atoms with Gasteiger partial charge in [-0.2, -0.15) is 4.37 Å². The van der Waals surface area contributed by atoms with Gasteiger partial charge in [0.1, 0.15) is 17.4 Å². The van der Waals surface area contributed by atoms with Crippen molar-refractivity contribution in [3.8, 4) is 11.6 Å². The molecule has 2 heterocycles. The number of halogens is 4. The standard InChI is InChI=1S/C22H28F4N4O4S/c1-32-16-6-5-15(23)14(18(16)24)13-34-19-17(21(31)33-2)20(35-29-19)28-27-9-3-4-10-30-11-7-22(25,26)8-12-30/h5-6,27-28H,3-4,7-13H2,1-2H3. The van der Waals surface area contributed by atoms with Crippen molar-refractivity contribution < 1.29 is 36.6 Å². The van der Waals surface area contributed by atoms with Gasteiger partial charge in [-0.1, -0.05) is 0 Å². The minimum atomic E-state index is -2.55. The van der Waals surface area contributed by atoms with E-state index in [2.05, 4.69) is 15.2 Å². The number of likely N-dealkylation sites (tertiary alicyclic amines) is 1. The quantitative estimate of drug-likeness (QED) is 0.186. The summed E-state index contributed by atoms with van der Waals surface area (Å²) >= 11 is 0.916. The number of rotatable bonds is 12. The van der Waals surface area contributed by atoms with Crippen molar-refractivity contribution in [2.75, 3.05) is 45.8 Å². The molecule has 2 N–H and O–H groups in total. The second-order valence-corrected chi connectivity index (χ2v) is 8.74. The monoisotopic (exact) mass is 520 g/mol. The van der Waals surface area contributed by atoms with Crippen molar-refractivity contribution in [1.82, 2.24) is 14.7 Å². The number of anilines is 1. The van der Waals surface area contributed by atoms with Crippen LogP contribution in [0.25, 0.3) is 0 Å². The van der Waals surface area contributed by atoms with Crippen LogP contribution in [0.1, 0.15) is 41.6 Å². The predicted molar refractivity (Wildman–Crippen MR) is 122 cm³/mol. The van der Waals surface area contributed by atoms with Crippen LogP contribution in [0.5, 0.6) is 11.6 Å². The summed E-state index contributed by atoms with van der Waals surface area (Å²) in [6.45, 7) is 1.56. The Bertz CT molecular complexity index is 998. The van der Waals surface area contributed by atoms with Gasteiger partial charge in [0.25, 0.3) is 5.92 Å². The first-order chi connectivity index (χ1) is 16.8. The molecule has 0 bridgehead atoms. The van der Waals surface area contributed by atoms with Gasteiger partial charge in [-0.3, -0.25) is 0 Å². The van der Waals surface area contributed by atoms with E-state index >= 15 is 0 Å². The summed E-state index contributed by atoms with van der Waals surface area (Å²) in [7, 11) is 2.45. The third-order valence-corrected chi connectivity index (χ3v) is 6.34. The zero-order chi connectivity index (χ0) is 25.4. The third kappa shape index (κ3) is 7.18. The zero-order valence-corrected chi connectivity index (χ0v) is 20.3. The highest BCUT2D eigenvalue weighted by Crippen LogP contribution is 2.32. The van der Waals surface area contributed by atoms with Gasteiger partial charge in [-0.05, 0) is 43.1 Å². The Labute approximate surface area is 204 Å². The topological polar surface area (TPSA) is 85.0 Å². The maximum atomic E-state index is 14.4. The van der Waals surface area contributed by atoms with Gasteiger partial charge in [-0.15, -0.1) is 0 Å². The minimum Gasteiger partial charge on any atom is -0.494 e. The lowest BCUT2D eigenvalue weighted by Gasteiger charge is -2.31. The number of hydrogen-bond donors (Lipinski definition) is 2. The summed E-state index contributed by atoms with van der Waals surface area (Å²) in [5.41, 5.74) is 5.48. The van der Waals surface area contributed by atoms with E-state index < -0.39 is 30.1 Å². The van der Waals surface area contributed by atoms with Crippen LogP contribution in [0, 0.1) is 11.6 Å². The summed E-state index contributed by atoms with van der Waals surface area (Å²) in [5.74, 6) is -5.27. The maximum Gasteiger partial charge on any atom is 0.346 e. The predicted octanol–water partition coefficient (Wildman–Crippen LogP) is 4.22. The van der Waals surface area contributed by atoms with Crippen LogP contribution in [-0.2, 0) is 11.3 Å². The van der Waals surface area contributed by atoms with Crippen LogP contribution < -0.4 is 20.3 Å². The molecule has 0 spiro atoms. The molecule has 8 nitrogen and oxygen atoms in total. The van der Waals surface area contributed by atoms with Crippen LogP contribution in [-0.4, -0.2) is 61.6 Å². The lowest BCUT2D eigenvalue weighted by Crippen LogP contribution is -2.39. The highest BCUT2D eigenvalue weighted by molar-refractivity contribution is 7.10. The molecule has 1 aliphatic heterocycles. The van der Waals surface area contributed by atoms with E-state index in [4.69, 9.17) is 14.2 Å². The van der Waals surface area contributed by atoms with Gasteiger partial charge >= 0.3 is 5.97 Å². The number of unbranched alkanes of at least 4 members (excludes halogenated alkanes) is 1. The van der Waals surface area contributed by atoms with Crippen molar-refractivity contribution in [3.63, 3.8) is 0 Å². The molecule has 1 fully saturated rings. The zero-order valence-electron chi connectivity index (χ0n) is 19.5. The van der Waals surface area contributed by atoms with E-state index in [1.54, 1.807) is 0 Å². The van der Waals surface area contributed by atoms with Crippen LogP contribution >= 0.6 is 11.5 Å². The number of esters is 1. The molecule has 0 aliphatic carbocycles. The second kappa shape index (κ2) is 12.4. The molecule has 0 unspecified atom stereocenters. The smallest absolute Gasteiger partial charge is 0.346 e. The van der Waals surface area contributed by atoms with Crippen LogP contribution in [0.2, 0.25) is 0 Å². The Hall–Kier alpha value is -2.64. The number of benzene rings is 1. The number of ether oxygens (including phenoxy) is 3. The number of nitrogens with one attached hydrogen (secondary N) is 2. The number of carbonyl (C=O) groups excluding carboxylic acids is 1. The maximum absolute atomic E-state index is 14.4. The van der Waals surface area contributed by atoms with E-state index in [0.717, 1.165) is 43.1 Å². The van der Waals surface area contributed by atoms with E-state index in [-0.39, 0.29) is 35.6 Å². The molecule has 0 amide bonds. The fourth-order valence-corrected chi connectivity index (χ4v) is 4.24. The Balaban J connectivity index is 1.51. The molecule has 0 saturated carbocycles. The number of carbonyl (C=O) groups is 1. The highest BCUT2D eigenvalue weighted by Gasteiger charge is 2.33. The fourth-order valence-electron chi connectivity index (χ4n) is 3.54. The lowest BCUT2D eigenvalue weighted by atomic mass is 10.1. The van der Waals surface area contributed by atoms with Crippen LogP contribution in [0.4, 0.5) is 22.6 Å². The summed E-state index contributed by atoms with van der Waals surface area (Å²) in [6, 6.07) is 2.22. The van der Waals surface area contributed by atoms with Crippen molar-refractivity contribution in [2.45, 2.75) is 38.2 Å². The van der Waals surface area contributed by atoms with E-state index in [1.165, 1.54) is 14.2 Å². The fraction of sp³-hybridized carbons (Fsp3) is 0.545. The molecule has 1 aromatic heterocycles. The summed E-state index contributed by atoms with van der Waals surface area (Å²) in [4.78, 5) is 14.3. The lowest BCUT2D eigenvalue weighted by molar-refractivity contribution is -0.0551. The summed E-state index contributed by atoms with van der Waals surface area (Å²) in [5, 5.41) is 0.316. The molecule has 2 aromatic rings. The first-order valence-corrected chi connectivity index (χ1v) is 11.8. The molecule has 1 aromatic carbocycles. The number of hydrazine groups is 1. The molecular weight excluding hydrogens is 492 g/mol. The number of piperidine rings is 1. The normalized spacial score (nSPS) is 15.6. The highest BCUT2D eigenvalue weighted by atomic mass is 32.1. The van der Waals surface area contributed by atoms with Crippen molar-refractivity contribution >= 4 is 22.5 Å². The van der Waals surface area contributed by atoms with Gasteiger partial charge in [0, 0.05) is 32.5 Å². The Morgan fingerprint density at radius 3 is 2.63 bits per heavy atom. The third-order valence-electron chi connectivity index (χ3n) is 5.59. The molecule has 1 aliphatic rings. The molecular formula is C22H28F4N4O4S. The molecule has 1 saturated heterocycles. The SMILES string of the molecule is COC(=O)c1c(OCc2c(F)ccc(OC)c2F)nsc1NNCCCCN1CCC(F)(F)CC1. The summed E-state index contributed by atoms with van der Waals surface area (Å²) in [6.07, 6.45) is 1.38.